The van der Waals surface area contributed by atoms with Crippen LogP contribution in [0.1, 0.15) is 5.76 Å². The first-order valence-electron chi connectivity index (χ1n) is 5.48. The molecule has 3 aromatic rings. The Morgan fingerprint density at radius 2 is 2.06 bits per heavy atom. The third-order valence-corrected chi connectivity index (χ3v) is 2.54. The van der Waals surface area contributed by atoms with Gasteiger partial charge in [0.15, 0.2) is 5.76 Å². The number of para-hydroxylation sites is 1. The molecule has 0 bridgehead atoms. The number of aromatic nitrogens is 3. The van der Waals surface area contributed by atoms with Gasteiger partial charge in [0, 0.05) is 11.5 Å². The first-order valence-corrected chi connectivity index (χ1v) is 5.48. The summed E-state index contributed by atoms with van der Waals surface area (Å²) in [5, 5.41) is 7.73. The minimum Gasteiger partial charge on any atom is -0.368 e. The lowest BCUT2D eigenvalue weighted by Crippen LogP contribution is -2.04. The summed E-state index contributed by atoms with van der Waals surface area (Å²) < 4.78 is 5.01. The third kappa shape index (κ3) is 1.95. The summed E-state index contributed by atoms with van der Waals surface area (Å²) in [7, 11) is 0. The van der Waals surface area contributed by atoms with Gasteiger partial charge < -0.3 is 15.6 Å². The summed E-state index contributed by atoms with van der Waals surface area (Å²) in [5.41, 5.74) is 6.49. The number of nitrogens with two attached hydrogens (primary N) is 1. The summed E-state index contributed by atoms with van der Waals surface area (Å²) >= 11 is 0. The van der Waals surface area contributed by atoms with Crippen molar-refractivity contribution in [3.05, 3.63) is 42.3 Å². The van der Waals surface area contributed by atoms with E-state index in [1.165, 1.54) is 0 Å². The third-order valence-electron chi connectivity index (χ3n) is 2.54. The van der Waals surface area contributed by atoms with E-state index in [2.05, 4.69) is 20.4 Å². The fourth-order valence-corrected chi connectivity index (χ4v) is 1.73. The van der Waals surface area contributed by atoms with Crippen molar-refractivity contribution in [2.75, 3.05) is 11.1 Å². The summed E-state index contributed by atoms with van der Waals surface area (Å²) in [6.07, 6.45) is 1.60. The van der Waals surface area contributed by atoms with E-state index in [4.69, 9.17) is 10.3 Å². The van der Waals surface area contributed by atoms with Crippen LogP contribution in [0.5, 0.6) is 0 Å². The van der Waals surface area contributed by atoms with Crippen LogP contribution < -0.4 is 11.1 Å². The number of nitrogens with one attached hydrogen (secondary N) is 1. The van der Waals surface area contributed by atoms with E-state index in [0.29, 0.717) is 12.4 Å². The summed E-state index contributed by atoms with van der Waals surface area (Å²) in [4.78, 5) is 8.37. The monoisotopic (exact) mass is 241 g/mol. The second-order valence-electron chi connectivity index (χ2n) is 3.78. The maximum absolute atomic E-state index is 5.68. The average molecular weight is 241 g/mol. The van der Waals surface area contributed by atoms with Gasteiger partial charge in [-0.2, -0.15) is 4.98 Å². The van der Waals surface area contributed by atoms with Crippen LogP contribution in [0.3, 0.4) is 0 Å². The number of nitrogen functional groups attached to an aromatic ring is 1. The fourth-order valence-electron chi connectivity index (χ4n) is 1.73. The fraction of sp³-hybridized carbons (Fsp3) is 0.0833. The highest BCUT2D eigenvalue weighted by molar-refractivity contribution is 5.89. The molecule has 18 heavy (non-hydrogen) atoms. The van der Waals surface area contributed by atoms with E-state index < -0.39 is 0 Å². The molecule has 0 saturated heterocycles. The van der Waals surface area contributed by atoms with Crippen LogP contribution >= 0.6 is 0 Å². The van der Waals surface area contributed by atoms with Crippen LogP contribution in [-0.4, -0.2) is 15.1 Å². The van der Waals surface area contributed by atoms with Gasteiger partial charge in [0.25, 0.3) is 0 Å². The maximum atomic E-state index is 5.68. The Hall–Kier alpha value is -2.63. The minimum absolute atomic E-state index is 0.244. The van der Waals surface area contributed by atoms with Crippen molar-refractivity contribution in [1.82, 2.24) is 15.1 Å². The molecule has 2 aromatic heterocycles. The summed E-state index contributed by atoms with van der Waals surface area (Å²) in [6.45, 7) is 0.500. The van der Waals surface area contributed by atoms with Crippen molar-refractivity contribution < 1.29 is 4.52 Å². The zero-order valence-corrected chi connectivity index (χ0v) is 9.50. The zero-order chi connectivity index (χ0) is 12.4. The number of hydrogen-bond donors (Lipinski definition) is 2. The smallest absolute Gasteiger partial charge is 0.222 e. The summed E-state index contributed by atoms with van der Waals surface area (Å²) in [5.74, 6) is 1.67. The van der Waals surface area contributed by atoms with Gasteiger partial charge in [-0.3, -0.25) is 0 Å². The largest absolute Gasteiger partial charge is 0.368 e. The highest BCUT2D eigenvalue weighted by atomic mass is 16.5. The molecule has 0 aliphatic rings. The van der Waals surface area contributed by atoms with E-state index >= 15 is 0 Å². The quantitative estimate of drug-likeness (QED) is 0.726. The Bertz CT molecular complexity index is 665. The average Bonchev–Trinajstić information content (AvgIpc) is 2.89. The summed E-state index contributed by atoms with van der Waals surface area (Å²) in [6, 6.07) is 9.47. The van der Waals surface area contributed by atoms with Crippen molar-refractivity contribution in [1.29, 1.82) is 0 Å². The molecule has 90 valence electrons. The first-order chi connectivity index (χ1) is 8.83. The molecule has 0 aliphatic heterocycles. The number of nitrogens with zero attached hydrogens (tertiary/aromatic N) is 3. The SMILES string of the molecule is Nc1nc(NCc2ccno2)c2ccccc2n1. The molecular weight excluding hydrogens is 230 g/mol. The van der Waals surface area contributed by atoms with Crippen molar-refractivity contribution in [3.8, 4) is 0 Å². The normalized spacial score (nSPS) is 10.7. The molecule has 3 rings (SSSR count). The lowest BCUT2D eigenvalue weighted by molar-refractivity contribution is 0.388. The van der Waals surface area contributed by atoms with E-state index in [0.717, 1.165) is 16.7 Å². The molecular formula is C12H11N5O. The van der Waals surface area contributed by atoms with Crippen molar-refractivity contribution in [2.45, 2.75) is 6.54 Å². The van der Waals surface area contributed by atoms with E-state index in [-0.39, 0.29) is 5.95 Å². The van der Waals surface area contributed by atoms with Crippen LogP contribution in [0.15, 0.2) is 41.1 Å². The number of fused-ring (bicyclic) bond motifs is 1. The van der Waals surface area contributed by atoms with Gasteiger partial charge in [-0.1, -0.05) is 17.3 Å². The second-order valence-corrected chi connectivity index (χ2v) is 3.78. The second kappa shape index (κ2) is 4.33. The van der Waals surface area contributed by atoms with Gasteiger partial charge in [-0.05, 0) is 12.1 Å². The minimum atomic E-state index is 0.244. The topological polar surface area (TPSA) is 89.9 Å². The molecule has 0 saturated carbocycles. The van der Waals surface area contributed by atoms with Crippen LogP contribution in [0.2, 0.25) is 0 Å². The van der Waals surface area contributed by atoms with Gasteiger partial charge in [-0.15, -0.1) is 0 Å². The molecule has 6 heteroatoms. The predicted octanol–water partition coefficient (Wildman–Crippen LogP) is 1.81. The van der Waals surface area contributed by atoms with Crippen LogP contribution in [0.25, 0.3) is 10.9 Å². The Labute approximate surface area is 103 Å². The van der Waals surface area contributed by atoms with E-state index in [9.17, 15) is 0 Å². The van der Waals surface area contributed by atoms with Gasteiger partial charge >= 0.3 is 0 Å². The Morgan fingerprint density at radius 3 is 2.89 bits per heavy atom. The maximum Gasteiger partial charge on any atom is 0.222 e. The van der Waals surface area contributed by atoms with Gasteiger partial charge in [0.1, 0.15) is 5.82 Å². The Kier molecular flexibility index (Phi) is 2.53. The zero-order valence-electron chi connectivity index (χ0n) is 9.50. The molecule has 0 radical (unpaired) electrons. The van der Waals surface area contributed by atoms with Crippen LogP contribution in [-0.2, 0) is 6.54 Å². The Balaban J connectivity index is 1.95. The van der Waals surface area contributed by atoms with Crippen LogP contribution in [0, 0.1) is 0 Å². The van der Waals surface area contributed by atoms with Gasteiger partial charge in [-0.25, -0.2) is 4.98 Å². The molecule has 6 nitrogen and oxygen atoms in total. The number of benzene rings is 1. The molecule has 0 amide bonds. The molecule has 0 aliphatic carbocycles. The molecule has 0 fully saturated rings. The highest BCUT2D eigenvalue weighted by Crippen LogP contribution is 2.21. The van der Waals surface area contributed by atoms with Crippen LogP contribution in [0.4, 0.5) is 11.8 Å². The number of hydrogen-bond acceptors (Lipinski definition) is 6. The lowest BCUT2D eigenvalue weighted by atomic mass is 10.2. The first kappa shape index (κ1) is 10.5. The predicted molar refractivity (Wildman–Crippen MR) is 67.8 cm³/mol. The number of anilines is 2. The van der Waals surface area contributed by atoms with Gasteiger partial charge in [0.05, 0.1) is 18.3 Å². The number of rotatable bonds is 3. The molecule has 0 spiro atoms. The van der Waals surface area contributed by atoms with E-state index in [1.54, 1.807) is 12.3 Å². The molecule has 0 unspecified atom stereocenters. The van der Waals surface area contributed by atoms with Crippen molar-refractivity contribution in [2.24, 2.45) is 0 Å². The Morgan fingerprint density at radius 1 is 1.17 bits per heavy atom. The molecule has 1 aromatic carbocycles. The van der Waals surface area contributed by atoms with Gasteiger partial charge in [0.2, 0.25) is 5.95 Å². The molecule has 2 heterocycles. The highest BCUT2D eigenvalue weighted by Gasteiger charge is 2.06. The molecule has 0 atom stereocenters. The van der Waals surface area contributed by atoms with Crippen molar-refractivity contribution >= 4 is 22.7 Å². The lowest BCUT2D eigenvalue weighted by Gasteiger charge is -2.07. The molecule has 3 N–H and O–H groups in total. The standard InChI is InChI=1S/C12H11N5O/c13-12-16-10-4-2-1-3-9(10)11(17-12)14-7-8-5-6-15-18-8/h1-6H,7H2,(H3,13,14,16,17). The van der Waals surface area contributed by atoms with E-state index in [1.807, 2.05) is 24.3 Å². The van der Waals surface area contributed by atoms with Crippen molar-refractivity contribution in [3.63, 3.8) is 0 Å².